The molecule has 42 heavy (non-hydrogen) atoms. The Morgan fingerprint density at radius 3 is 2.55 bits per heavy atom. The number of nitrogens with one attached hydrogen (secondary N) is 3. The fourth-order valence-electron chi connectivity index (χ4n) is 5.07. The molecule has 0 bridgehead atoms. The lowest BCUT2D eigenvalue weighted by Crippen LogP contribution is -2.64. The van der Waals surface area contributed by atoms with E-state index in [9.17, 15) is 34.2 Å². The monoisotopic (exact) mass is 579 g/mol. The number of primary amides is 1. The van der Waals surface area contributed by atoms with Crippen molar-refractivity contribution < 1.29 is 38.9 Å². The first kappa shape index (κ1) is 30.1. The highest BCUT2D eigenvalue weighted by Gasteiger charge is 2.56. The lowest BCUT2D eigenvalue weighted by Gasteiger charge is -2.34. The van der Waals surface area contributed by atoms with Gasteiger partial charge in [-0.05, 0) is 49.1 Å². The summed E-state index contributed by atoms with van der Waals surface area (Å²) in [5.41, 5.74) is 4.32. The van der Waals surface area contributed by atoms with Crippen LogP contribution in [-0.2, 0) is 25.6 Å². The number of hydrogen-bond donors (Lipinski definition) is 6. The number of hydrogen-bond acceptors (Lipinski definition) is 7. The number of carboxylic acids is 1. The molecule has 3 atom stereocenters. The quantitative estimate of drug-likeness (QED) is 0.179. The number of aromatic amines is 1. The van der Waals surface area contributed by atoms with Gasteiger partial charge in [-0.25, -0.2) is 4.79 Å². The van der Waals surface area contributed by atoms with E-state index >= 15 is 0 Å². The predicted octanol–water partition coefficient (Wildman–Crippen LogP) is 0.664. The van der Waals surface area contributed by atoms with Crippen LogP contribution >= 0.6 is 0 Å². The number of carbonyl (C=O) groups is 5. The summed E-state index contributed by atoms with van der Waals surface area (Å²) in [4.78, 5) is 66.8. The third-order valence-electron chi connectivity index (χ3n) is 7.27. The van der Waals surface area contributed by atoms with Crippen LogP contribution in [0, 0.1) is 0 Å². The number of carbonyl (C=O) groups excluding carboxylic acids is 4. The van der Waals surface area contributed by atoms with Crippen LogP contribution in [0.1, 0.15) is 41.7 Å². The SMILES string of the molecule is COc1ccc2[nH]c(C(=O)N[C@@H](CC(N)=O)C(=O)N[C@H]3CCN(C(=O)CCCc4ccccc4)[C@@]3(O)C(=O)O)cc2c1. The minimum atomic E-state index is -2.73. The van der Waals surface area contributed by atoms with Crippen molar-refractivity contribution >= 4 is 40.5 Å². The first-order chi connectivity index (χ1) is 20.0. The summed E-state index contributed by atoms with van der Waals surface area (Å²) in [5, 5.41) is 26.6. The number of fused-ring (bicyclic) bond motifs is 1. The number of aromatic nitrogens is 1. The molecule has 0 spiro atoms. The molecule has 4 amide bonds. The van der Waals surface area contributed by atoms with Crippen LogP contribution in [0.3, 0.4) is 0 Å². The number of H-pyrrole nitrogens is 1. The summed E-state index contributed by atoms with van der Waals surface area (Å²) in [6, 6.07) is 13.2. The first-order valence-electron chi connectivity index (χ1n) is 13.4. The van der Waals surface area contributed by atoms with Crippen LogP contribution < -0.4 is 21.1 Å². The summed E-state index contributed by atoms with van der Waals surface area (Å²) in [5.74, 6) is -4.28. The third-order valence-corrected chi connectivity index (χ3v) is 7.27. The Bertz CT molecular complexity index is 1490. The molecule has 2 aromatic carbocycles. The van der Waals surface area contributed by atoms with E-state index in [4.69, 9.17) is 10.5 Å². The Labute approximate surface area is 241 Å². The average Bonchev–Trinajstić information content (AvgIpc) is 3.54. The van der Waals surface area contributed by atoms with Crippen LogP contribution in [-0.4, -0.2) is 81.2 Å². The maximum Gasteiger partial charge on any atom is 0.359 e. The van der Waals surface area contributed by atoms with Gasteiger partial charge >= 0.3 is 5.97 Å². The largest absolute Gasteiger partial charge is 0.497 e. The van der Waals surface area contributed by atoms with E-state index < -0.39 is 53.8 Å². The van der Waals surface area contributed by atoms with Gasteiger partial charge < -0.3 is 41.2 Å². The molecule has 3 aromatic rings. The van der Waals surface area contributed by atoms with Gasteiger partial charge in [0.25, 0.3) is 11.6 Å². The van der Waals surface area contributed by atoms with E-state index in [1.165, 1.54) is 13.2 Å². The summed E-state index contributed by atoms with van der Waals surface area (Å²) in [7, 11) is 1.51. The van der Waals surface area contributed by atoms with Crippen LogP contribution in [0.2, 0.25) is 0 Å². The predicted molar refractivity (Wildman–Crippen MR) is 150 cm³/mol. The first-order valence-corrected chi connectivity index (χ1v) is 13.4. The second-order valence-corrected chi connectivity index (χ2v) is 10.1. The number of benzene rings is 2. The molecule has 0 saturated carbocycles. The van der Waals surface area contributed by atoms with Crippen molar-refractivity contribution in [2.45, 2.75) is 49.9 Å². The minimum Gasteiger partial charge on any atom is -0.497 e. The fraction of sp³-hybridized carbons (Fsp3) is 0.345. The van der Waals surface area contributed by atoms with E-state index in [1.54, 1.807) is 18.2 Å². The molecule has 0 aliphatic carbocycles. The normalized spacial score (nSPS) is 18.8. The van der Waals surface area contributed by atoms with Gasteiger partial charge in [0.2, 0.25) is 17.7 Å². The number of aliphatic carboxylic acids is 1. The Kier molecular flexibility index (Phi) is 9.11. The van der Waals surface area contributed by atoms with E-state index in [1.807, 2.05) is 30.3 Å². The number of aryl methyl sites for hydroxylation is 1. The van der Waals surface area contributed by atoms with E-state index in [2.05, 4.69) is 15.6 Å². The number of nitrogens with zero attached hydrogens (tertiary/aromatic N) is 1. The zero-order chi connectivity index (χ0) is 30.4. The number of likely N-dealkylation sites (tertiary alicyclic amines) is 1. The van der Waals surface area contributed by atoms with Gasteiger partial charge in [0.05, 0.1) is 19.6 Å². The zero-order valence-corrected chi connectivity index (χ0v) is 23.0. The van der Waals surface area contributed by atoms with Gasteiger partial charge in [0.15, 0.2) is 0 Å². The highest BCUT2D eigenvalue weighted by molar-refractivity contribution is 6.01. The maximum absolute atomic E-state index is 13.2. The summed E-state index contributed by atoms with van der Waals surface area (Å²) in [6.07, 6.45) is 0.345. The zero-order valence-electron chi connectivity index (χ0n) is 23.0. The molecular formula is C29H33N5O8. The number of amides is 4. The maximum atomic E-state index is 13.2. The van der Waals surface area contributed by atoms with Gasteiger partial charge in [-0.2, -0.15) is 0 Å². The standard InChI is InChI=1S/C29H33N5O8/c1-42-19-10-11-20-18(14-19)15-21(31-20)26(37)32-22(16-24(30)35)27(38)33-23-12-13-34(29(23,41)28(39)40)25(36)9-5-8-17-6-3-2-4-7-17/h2-4,6-7,10-11,14-15,22-23,31,41H,5,8-9,12-13,16H2,1H3,(H2,30,35)(H,32,37)(H,33,38)(H,39,40)/t22-,23-,29-/m0/s1. The van der Waals surface area contributed by atoms with Crippen molar-refractivity contribution in [3.8, 4) is 5.75 Å². The molecule has 13 heteroatoms. The molecule has 13 nitrogen and oxygen atoms in total. The average molecular weight is 580 g/mol. The van der Waals surface area contributed by atoms with Crippen LogP contribution in [0.15, 0.2) is 54.6 Å². The third kappa shape index (κ3) is 6.52. The molecule has 7 N–H and O–H groups in total. The van der Waals surface area contributed by atoms with Crippen molar-refractivity contribution in [3.63, 3.8) is 0 Å². The molecule has 2 heterocycles. The number of aliphatic hydroxyl groups is 1. The Balaban J connectivity index is 1.44. The van der Waals surface area contributed by atoms with Crippen molar-refractivity contribution in [2.75, 3.05) is 13.7 Å². The second kappa shape index (κ2) is 12.7. The highest BCUT2D eigenvalue weighted by Crippen LogP contribution is 2.29. The van der Waals surface area contributed by atoms with E-state index in [0.717, 1.165) is 10.5 Å². The summed E-state index contributed by atoms with van der Waals surface area (Å²) >= 11 is 0. The molecule has 0 unspecified atom stereocenters. The van der Waals surface area contributed by atoms with E-state index in [-0.39, 0.29) is 25.1 Å². The van der Waals surface area contributed by atoms with Crippen LogP contribution in [0.5, 0.6) is 5.75 Å². The Morgan fingerprint density at radius 2 is 1.88 bits per heavy atom. The summed E-state index contributed by atoms with van der Waals surface area (Å²) in [6.45, 7) is -0.122. The number of ether oxygens (including phenoxy) is 1. The lowest BCUT2D eigenvalue weighted by molar-refractivity contribution is -0.186. The lowest BCUT2D eigenvalue weighted by atomic mass is 10.0. The van der Waals surface area contributed by atoms with Crippen molar-refractivity contribution in [3.05, 3.63) is 65.9 Å². The smallest absolute Gasteiger partial charge is 0.359 e. The molecule has 222 valence electrons. The van der Waals surface area contributed by atoms with Gasteiger partial charge in [-0.3, -0.25) is 19.2 Å². The van der Waals surface area contributed by atoms with E-state index in [0.29, 0.717) is 29.5 Å². The molecule has 1 saturated heterocycles. The number of nitrogens with two attached hydrogens (primary N) is 1. The second-order valence-electron chi connectivity index (χ2n) is 10.1. The minimum absolute atomic E-state index is 0.0120. The van der Waals surface area contributed by atoms with Gasteiger partial charge in [-0.1, -0.05) is 30.3 Å². The van der Waals surface area contributed by atoms with Crippen LogP contribution in [0.25, 0.3) is 10.9 Å². The molecule has 1 aliphatic rings. The van der Waals surface area contributed by atoms with Crippen LogP contribution in [0.4, 0.5) is 0 Å². The number of rotatable bonds is 12. The van der Waals surface area contributed by atoms with Gasteiger partial charge in [0.1, 0.15) is 17.5 Å². The fourth-order valence-corrected chi connectivity index (χ4v) is 5.07. The molecular weight excluding hydrogens is 546 g/mol. The number of methoxy groups -OCH3 is 1. The van der Waals surface area contributed by atoms with Crippen molar-refractivity contribution in [1.82, 2.24) is 20.5 Å². The highest BCUT2D eigenvalue weighted by atomic mass is 16.5. The molecule has 0 radical (unpaired) electrons. The van der Waals surface area contributed by atoms with Gasteiger partial charge in [0, 0.05) is 23.9 Å². The summed E-state index contributed by atoms with van der Waals surface area (Å²) < 4.78 is 5.18. The Hall–Kier alpha value is -4.91. The molecule has 4 rings (SSSR count). The molecule has 1 fully saturated rings. The topological polar surface area (TPSA) is 204 Å². The van der Waals surface area contributed by atoms with Crippen molar-refractivity contribution in [1.29, 1.82) is 0 Å². The number of carboxylic acid groups (broad SMARTS) is 1. The Morgan fingerprint density at radius 1 is 1.14 bits per heavy atom. The molecule has 1 aliphatic heterocycles. The molecule has 1 aromatic heterocycles. The van der Waals surface area contributed by atoms with Crippen molar-refractivity contribution in [2.24, 2.45) is 5.73 Å². The van der Waals surface area contributed by atoms with Gasteiger partial charge in [-0.15, -0.1) is 0 Å².